The Hall–Kier alpha value is -0.0800. The molecule has 1 fully saturated rings. The maximum Gasteiger partial charge on any atom is 0.0303 e. The number of hydrogen-bond acceptors (Lipinski definition) is 2. The topological polar surface area (TPSA) is 15.3 Å². The molecule has 2 atom stereocenters. The fourth-order valence-electron chi connectivity index (χ4n) is 2.83. The highest BCUT2D eigenvalue weighted by Gasteiger charge is 2.32. The van der Waals surface area contributed by atoms with Gasteiger partial charge in [-0.2, -0.15) is 0 Å². The Balaban J connectivity index is 2.70. The third kappa shape index (κ3) is 3.96. The summed E-state index contributed by atoms with van der Waals surface area (Å²) in [5.74, 6) is 0.821. The van der Waals surface area contributed by atoms with Crippen molar-refractivity contribution in [1.29, 1.82) is 0 Å². The fourth-order valence-corrected chi connectivity index (χ4v) is 2.83. The van der Waals surface area contributed by atoms with Crippen molar-refractivity contribution >= 4 is 0 Å². The number of nitrogens with zero attached hydrogens (tertiary/aromatic N) is 1. The number of hydrogen-bond donors (Lipinski definition) is 1. The monoisotopic (exact) mass is 240 g/mol. The van der Waals surface area contributed by atoms with E-state index in [2.05, 4.69) is 44.8 Å². The molecule has 1 aliphatic heterocycles. The van der Waals surface area contributed by atoms with Crippen LogP contribution in [-0.4, -0.2) is 36.1 Å². The van der Waals surface area contributed by atoms with Crippen molar-refractivity contribution in [1.82, 2.24) is 10.2 Å². The van der Waals surface area contributed by atoms with Crippen LogP contribution in [0.2, 0.25) is 0 Å². The van der Waals surface area contributed by atoms with Gasteiger partial charge in [0.1, 0.15) is 0 Å². The van der Waals surface area contributed by atoms with Crippen LogP contribution in [0.5, 0.6) is 0 Å². The maximum atomic E-state index is 3.80. The molecule has 0 saturated carbocycles. The van der Waals surface area contributed by atoms with Crippen molar-refractivity contribution in [2.24, 2.45) is 5.92 Å². The summed E-state index contributed by atoms with van der Waals surface area (Å²) in [5.41, 5.74) is 0.359. The van der Waals surface area contributed by atoms with Crippen molar-refractivity contribution in [2.75, 3.05) is 19.6 Å². The lowest BCUT2D eigenvalue weighted by atomic mass is 9.92. The zero-order valence-electron chi connectivity index (χ0n) is 12.6. The highest BCUT2D eigenvalue weighted by Crippen LogP contribution is 2.23. The van der Waals surface area contributed by atoms with Crippen LogP contribution in [0.25, 0.3) is 0 Å². The number of rotatable bonds is 5. The Labute approximate surface area is 108 Å². The van der Waals surface area contributed by atoms with Gasteiger partial charge in [0.05, 0.1) is 0 Å². The summed E-state index contributed by atoms with van der Waals surface area (Å²) >= 11 is 0. The Kier molecular flexibility index (Phi) is 5.94. The van der Waals surface area contributed by atoms with Crippen molar-refractivity contribution in [2.45, 2.75) is 71.9 Å². The van der Waals surface area contributed by atoms with E-state index in [0.29, 0.717) is 5.54 Å². The van der Waals surface area contributed by atoms with E-state index >= 15 is 0 Å². The lowest BCUT2D eigenvalue weighted by Gasteiger charge is -2.38. The third-order valence-corrected chi connectivity index (χ3v) is 4.79. The summed E-state index contributed by atoms with van der Waals surface area (Å²) in [6.45, 7) is 15.4. The van der Waals surface area contributed by atoms with Crippen molar-refractivity contribution in [3.63, 3.8) is 0 Å². The van der Waals surface area contributed by atoms with E-state index < -0.39 is 0 Å². The van der Waals surface area contributed by atoms with Crippen LogP contribution in [0.4, 0.5) is 0 Å². The highest BCUT2D eigenvalue weighted by molar-refractivity contribution is 4.93. The zero-order valence-corrected chi connectivity index (χ0v) is 12.6. The Morgan fingerprint density at radius 2 is 1.94 bits per heavy atom. The first-order chi connectivity index (χ1) is 8.06. The first-order valence-electron chi connectivity index (χ1n) is 7.56. The molecule has 2 heteroatoms. The molecule has 0 amide bonds. The van der Waals surface area contributed by atoms with E-state index in [4.69, 9.17) is 0 Å². The van der Waals surface area contributed by atoms with Crippen LogP contribution in [-0.2, 0) is 0 Å². The van der Waals surface area contributed by atoms with Gasteiger partial charge < -0.3 is 5.32 Å². The molecule has 1 N–H and O–H groups in total. The van der Waals surface area contributed by atoms with E-state index in [1.165, 1.54) is 45.3 Å². The van der Waals surface area contributed by atoms with E-state index in [1.54, 1.807) is 0 Å². The SMILES string of the molecule is CCC(C)CN1CC(CC)(CC)NCCC1C. The molecule has 2 nitrogen and oxygen atoms in total. The van der Waals surface area contributed by atoms with Crippen molar-refractivity contribution in [3.05, 3.63) is 0 Å². The van der Waals surface area contributed by atoms with Crippen LogP contribution in [0.15, 0.2) is 0 Å². The normalized spacial score (nSPS) is 27.7. The molecule has 1 rings (SSSR count). The third-order valence-electron chi connectivity index (χ3n) is 4.79. The van der Waals surface area contributed by atoms with E-state index in [-0.39, 0.29) is 0 Å². The van der Waals surface area contributed by atoms with Gasteiger partial charge in [-0.05, 0) is 38.6 Å². The van der Waals surface area contributed by atoms with Gasteiger partial charge in [0, 0.05) is 24.7 Å². The molecule has 1 heterocycles. The predicted molar refractivity (Wildman–Crippen MR) is 76.4 cm³/mol. The van der Waals surface area contributed by atoms with Gasteiger partial charge >= 0.3 is 0 Å². The summed E-state index contributed by atoms with van der Waals surface area (Å²) in [5, 5.41) is 3.80. The molecule has 102 valence electrons. The Morgan fingerprint density at radius 3 is 2.47 bits per heavy atom. The van der Waals surface area contributed by atoms with Gasteiger partial charge in [0.2, 0.25) is 0 Å². The predicted octanol–water partition coefficient (Wildman–Crippen LogP) is 3.28. The molecule has 1 saturated heterocycles. The Morgan fingerprint density at radius 1 is 1.29 bits per heavy atom. The molecule has 0 spiro atoms. The minimum Gasteiger partial charge on any atom is -0.310 e. The average molecular weight is 240 g/mol. The second kappa shape index (κ2) is 6.75. The lowest BCUT2D eigenvalue weighted by Crippen LogP contribution is -2.52. The average Bonchev–Trinajstić information content (AvgIpc) is 2.50. The first kappa shape index (κ1) is 15.0. The van der Waals surface area contributed by atoms with Crippen LogP contribution in [0.3, 0.4) is 0 Å². The van der Waals surface area contributed by atoms with Crippen LogP contribution in [0, 0.1) is 5.92 Å². The highest BCUT2D eigenvalue weighted by atomic mass is 15.2. The summed E-state index contributed by atoms with van der Waals surface area (Å²) in [6, 6.07) is 0.733. The van der Waals surface area contributed by atoms with E-state index in [0.717, 1.165) is 12.0 Å². The minimum absolute atomic E-state index is 0.359. The van der Waals surface area contributed by atoms with Gasteiger partial charge in [-0.1, -0.05) is 34.1 Å². The fraction of sp³-hybridized carbons (Fsp3) is 1.00. The van der Waals surface area contributed by atoms with Gasteiger partial charge in [0.25, 0.3) is 0 Å². The van der Waals surface area contributed by atoms with E-state index in [9.17, 15) is 0 Å². The van der Waals surface area contributed by atoms with Crippen LogP contribution < -0.4 is 5.32 Å². The molecule has 0 aromatic carbocycles. The standard InChI is InChI=1S/C15H32N2/c1-6-13(4)11-17-12-15(7-2,8-3)16-10-9-14(17)5/h13-14,16H,6-12H2,1-5H3. The second-order valence-electron chi connectivity index (χ2n) is 5.99. The molecular formula is C15H32N2. The minimum atomic E-state index is 0.359. The van der Waals surface area contributed by atoms with Gasteiger partial charge in [0.15, 0.2) is 0 Å². The summed E-state index contributed by atoms with van der Waals surface area (Å²) < 4.78 is 0. The lowest BCUT2D eigenvalue weighted by molar-refractivity contribution is 0.140. The number of nitrogens with one attached hydrogen (secondary N) is 1. The largest absolute Gasteiger partial charge is 0.310 e. The maximum absolute atomic E-state index is 3.80. The smallest absolute Gasteiger partial charge is 0.0303 e. The molecule has 0 aliphatic carbocycles. The molecule has 0 radical (unpaired) electrons. The quantitative estimate of drug-likeness (QED) is 0.793. The zero-order chi connectivity index (χ0) is 12.9. The van der Waals surface area contributed by atoms with E-state index in [1.807, 2.05) is 0 Å². The molecule has 2 unspecified atom stereocenters. The summed E-state index contributed by atoms with van der Waals surface area (Å²) in [4.78, 5) is 2.72. The molecule has 1 aliphatic rings. The van der Waals surface area contributed by atoms with Gasteiger partial charge in [-0.3, -0.25) is 4.90 Å². The first-order valence-corrected chi connectivity index (χ1v) is 7.56. The molecule has 0 aromatic rings. The molecule has 0 bridgehead atoms. The molecule has 0 aromatic heterocycles. The van der Waals surface area contributed by atoms with Crippen molar-refractivity contribution in [3.8, 4) is 0 Å². The van der Waals surface area contributed by atoms with Gasteiger partial charge in [-0.15, -0.1) is 0 Å². The second-order valence-corrected chi connectivity index (χ2v) is 5.99. The van der Waals surface area contributed by atoms with Crippen molar-refractivity contribution < 1.29 is 0 Å². The van der Waals surface area contributed by atoms with Crippen LogP contribution in [0.1, 0.15) is 60.3 Å². The Bertz CT molecular complexity index is 211. The summed E-state index contributed by atoms with van der Waals surface area (Å²) in [7, 11) is 0. The molecular weight excluding hydrogens is 208 g/mol. The summed E-state index contributed by atoms with van der Waals surface area (Å²) in [6.07, 6.45) is 5.07. The van der Waals surface area contributed by atoms with Crippen LogP contribution >= 0.6 is 0 Å². The van der Waals surface area contributed by atoms with Gasteiger partial charge in [-0.25, -0.2) is 0 Å². The molecule has 17 heavy (non-hydrogen) atoms.